The SMILES string of the molecule is CC(c1ccnn1C)N1CCC2C=CC(C(N)=O)=NC2C1. The van der Waals surface area contributed by atoms with Gasteiger partial charge in [-0.3, -0.25) is 19.4 Å². The van der Waals surface area contributed by atoms with Crippen LogP contribution in [-0.2, 0) is 11.8 Å². The molecular formula is C15H21N5O. The Morgan fingerprint density at radius 1 is 1.52 bits per heavy atom. The number of nitrogens with zero attached hydrogens (tertiary/aromatic N) is 4. The number of nitrogens with two attached hydrogens (primary N) is 1. The van der Waals surface area contributed by atoms with Crippen molar-refractivity contribution in [3.63, 3.8) is 0 Å². The number of carbonyl (C=O) groups is 1. The van der Waals surface area contributed by atoms with Crippen molar-refractivity contribution in [1.82, 2.24) is 14.7 Å². The van der Waals surface area contributed by atoms with Crippen LogP contribution in [0.1, 0.15) is 25.1 Å². The molecule has 3 rings (SSSR count). The average molecular weight is 287 g/mol. The van der Waals surface area contributed by atoms with Crippen LogP contribution in [0.25, 0.3) is 0 Å². The van der Waals surface area contributed by atoms with E-state index in [1.807, 2.05) is 17.9 Å². The van der Waals surface area contributed by atoms with Crippen molar-refractivity contribution >= 4 is 11.6 Å². The molecule has 2 N–H and O–H groups in total. The predicted octanol–water partition coefficient (Wildman–Crippen LogP) is 0.668. The first-order valence-electron chi connectivity index (χ1n) is 7.34. The van der Waals surface area contributed by atoms with Gasteiger partial charge in [-0.2, -0.15) is 5.10 Å². The quantitative estimate of drug-likeness (QED) is 0.887. The van der Waals surface area contributed by atoms with E-state index in [0.717, 1.165) is 19.5 Å². The highest BCUT2D eigenvalue weighted by atomic mass is 16.1. The van der Waals surface area contributed by atoms with Crippen molar-refractivity contribution in [2.24, 2.45) is 23.7 Å². The van der Waals surface area contributed by atoms with Crippen molar-refractivity contribution < 1.29 is 4.79 Å². The molecule has 1 fully saturated rings. The van der Waals surface area contributed by atoms with Gasteiger partial charge < -0.3 is 5.73 Å². The topological polar surface area (TPSA) is 76.5 Å². The first-order chi connectivity index (χ1) is 10.1. The number of fused-ring (bicyclic) bond motifs is 1. The van der Waals surface area contributed by atoms with Crippen LogP contribution < -0.4 is 5.73 Å². The van der Waals surface area contributed by atoms with Crippen LogP contribution in [-0.4, -0.2) is 45.4 Å². The number of aryl methyl sites for hydroxylation is 1. The van der Waals surface area contributed by atoms with Gasteiger partial charge in [0.2, 0.25) is 0 Å². The highest BCUT2D eigenvalue weighted by molar-refractivity contribution is 6.43. The third-order valence-corrected chi connectivity index (χ3v) is 4.56. The van der Waals surface area contributed by atoms with Gasteiger partial charge in [-0.1, -0.05) is 6.08 Å². The van der Waals surface area contributed by atoms with Crippen molar-refractivity contribution in [3.8, 4) is 0 Å². The molecule has 1 aromatic heterocycles. The number of hydrogen-bond donors (Lipinski definition) is 1. The molecule has 0 aromatic carbocycles. The monoisotopic (exact) mass is 287 g/mol. The van der Waals surface area contributed by atoms with Crippen LogP contribution in [0, 0.1) is 5.92 Å². The zero-order chi connectivity index (χ0) is 15.0. The fourth-order valence-electron chi connectivity index (χ4n) is 3.25. The third kappa shape index (κ3) is 2.63. The first-order valence-corrected chi connectivity index (χ1v) is 7.34. The number of aromatic nitrogens is 2. The van der Waals surface area contributed by atoms with Crippen LogP contribution in [0.4, 0.5) is 0 Å². The van der Waals surface area contributed by atoms with Crippen LogP contribution in [0.5, 0.6) is 0 Å². The number of rotatable bonds is 3. The van der Waals surface area contributed by atoms with E-state index in [-0.39, 0.29) is 12.1 Å². The van der Waals surface area contributed by atoms with Gasteiger partial charge >= 0.3 is 0 Å². The van der Waals surface area contributed by atoms with Crippen LogP contribution in [0.2, 0.25) is 0 Å². The van der Waals surface area contributed by atoms with Gasteiger partial charge in [0.05, 0.1) is 11.7 Å². The van der Waals surface area contributed by atoms with Gasteiger partial charge in [0, 0.05) is 31.7 Å². The summed E-state index contributed by atoms with van der Waals surface area (Å²) in [5.41, 5.74) is 6.92. The normalized spacial score (nSPS) is 27.0. The zero-order valence-electron chi connectivity index (χ0n) is 12.4. The summed E-state index contributed by atoms with van der Waals surface area (Å²) in [5, 5.41) is 4.24. The summed E-state index contributed by atoms with van der Waals surface area (Å²) in [5.74, 6) is -0.0235. The second-order valence-corrected chi connectivity index (χ2v) is 5.81. The van der Waals surface area contributed by atoms with Crippen molar-refractivity contribution in [2.45, 2.75) is 25.4 Å². The third-order valence-electron chi connectivity index (χ3n) is 4.56. The summed E-state index contributed by atoms with van der Waals surface area (Å²) in [6.45, 7) is 4.06. The molecule has 1 aromatic rings. The number of dihydropyridines is 1. The highest BCUT2D eigenvalue weighted by Crippen LogP contribution is 2.30. The first kappa shape index (κ1) is 14.0. The van der Waals surface area contributed by atoms with Crippen molar-refractivity contribution in [2.75, 3.05) is 13.1 Å². The minimum Gasteiger partial charge on any atom is -0.364 e. The summed E-state index contributed by atoms with van der Waals surface area (Å²) in [7, 11) is 1.96. The molecule has 0 saturated carbocycles. The number of piperidine rings is 1. The Bertz CT molecular complexity index is 603. The van der Waals surface area contributed by atoms with E-state index < -0.39 is 5.91 Å². The number of primary amides is 1. The van der Waals surface area contributed by atoms with Gasteiger partial charge in [0.15, 0.2) is 0 Å². The van der Waals surface area contributed by atoms with E-state index in [1.165, 1.54) is 5.69 Å². The maximum atomic E-state index is 11.3. The average Bonchev–Trinajstić information content (AvgIpc) is 2.91. The smallest absolute Gasteiger partial charge is 0.266 e. The van der Waals surface area contributed by atoms with E-state index in [4.69, 9.17) is 5.73 Å². The lowest BCUT2D eigenvalue weighted by Gasteiger charge is -2.40. The fraction of sp³-hybridized carbons (Fsp3) is 0.533. The predicted molar refractivity (Wildman–Crippen MR) is 80.9 cm³/mol. The Hall–Kier alpha value is -1.95. The molecule has 0 radical (unpaired) electrons. The fourth-order valence-corrected chi connectivity index (χ4v) is 3.25. The molecule has 0 spiro atoms. The van der Waals surface area contributed by atoms with Gasteiger partial charge in [-0.05, 0) is 32.0 Å². The molecule has 3 heterocycles. The minimum atomic E-state index is -0.443. The number of carbonyl (C=O) groups excluding carboxylic acids is 1. The number of hydrogen-bond acceptors (Lipinski definition) is 4. The lowest BCUT2D eigenvalue weighted by molar-refractivity contribution is -0.111. The summed E-state index contributed by atoms with van der Waals surface area (Å²) >= 11 is 0. The number of aliphatic imine (C=N–C) groups is 1. The Kier molecular flexibility index (Phi) is 3.63. The maximum absolute atomic E-state index is 11.3. The minimum absolute atomic E-state index is 0.127. The van der Waals surface area contributed by atoms with E-state index in [9.17, 15) is 4.79 Å². The second kappa shape index (κ2) is 5.44. The summed E-state index contributed by atoms with van der Waals surface area (Å²) in [6.07, 6.45) is 6.73. The molecule has 6 nitrogen and oxygen atoms in total. The van der Waals surface area contributed by atoms with Gasteiger partial charge in [-0.15, -0.1) is 0 Å². The van der Waals surface area contributed by atoms with Crippen LogP contribution >= 0.6 is 0 Å². The molecule has 0 bridgehead atoms. The Labute approximate surface area is 124 Å². The largest absolute Gasteiger partial charge is 0.364 e. The second-order valence-electron chi connectivity index (χ2n) is 5.81. The molecule has 1 amide bonds. The van der Waals surface area contributed by atoms with E-state index >= 15 is 0 Å². The zero-order valence-corrected chi connectivity index (χ0v) is 12.4. The summed E-state index contributed by atoms with van der Waals surface area (Å²) in [4.78, 5) is 18.2. The molecule has 1 saturated heterocycles. The number of likely N-dealkylation sites (tertiary alicyclic amines) is 1. The lowest BCUT2D eigenvalue weighted by Crippen LogP contribution is -2.45. The van der Waals surface area contributed by atoms with Gasteiger partial charge in [0.25, 0.3) is 5.91 Å². The Morgan fingerprint density at radius 3 is 3.00 bits per heavy atom. The molecule has 6 heteroatoms. The molecular weight excluding hydrogens is 266 g/mol. The van der Waals surface area contributed by atoms with E-state index in [1.54, 1.807) is 6.08 Å². The maximum Gasteiger partial charge on any atom is 0.266 e. The van der Waals surface area contributed by atoms with Gasteiger partial charge in [-0.25, -0.2) is 0 Å². The Morgan fingerprint density at radius 2 is 2.33 bits per heavy atom. The highest BCUT2D eigenvalue weighted by Gasteiger charge is 2.33. The molecule has 2 aliphatic rings. The van der Waals surface area contributed by atoms with Crippen molar-refractivity contribution in [3.05, 3.63) is 30.1 Å². The van der Waals surface area contributed by atoms with E-state index in [0.29, 0.717) is 11.6 Å². The molecule has 2 aliphatic heterocycles. The molecule has 112 valence electrons. The summed E-state index contributed by atoms with van der Waals surface area (Å²) in [6, 6.07) is 2.47. The van der Waals surface area contributed by atoms with Crippen LogP contribution in [0.3, 0.4) is 0 Å². The molecule has 3 atom stereocenters. The van der Waals surface area contributed by atoms with Crippen molar-refractivity contribution in [1.29, 1.82) is 0 Å². The lowest BCUT2D eigenvalue weighted by atomic mass is 9.88. The molecule has 3 unspecified atom stereocenters. The Balaban J connectivity index is 1.75. The summed E-state index contributed by atoms with van der Waals surface area (Å²) < 4.78 is 1.91. The molecule has 21 heavy (non-hydrogen) atoms. The molecule has 0 aliphatic carbocycles. The standard InChI is InChI=1S/C15H21N5O/c1-10(14-5-7-17-19(14)2)20-8-6-11-3-4-12(15(16)21)18-13(11)9-20/h3-5,7,10-11,13H,6,8-9H2,1-2H3,(H2,16,21). The van der Waals surface area contributed by atoms with Crippen LogP contribution in [0.15, 0.2) is 29.4 Å². The van der Waals surface area contributed by atoms with E-state index in [2.05, 4.69) is 34.1 Å². The van der Waals surface area contributed by atoms with Gasteiger partial charge in [0.1, 0.15) is 5.71 Å². The number of amides is 1.